The first-order valence-corrected chi connectivity index (χ1v) is 12.8. The van der Waals surface area contributed by atoms with Crippen LogP contribution in [0.3, 0.4) is 0 Å². The molecule has 0 aliphatic carbocycles. The van der Waals surface area contributed by atoms with Crippen molar-refractivity contribution in [2.24, 2.45) is 11.8 Å². The van der Waals surface area contributed by atoms with Gasteiger partial charge in [-0.3, -0.25) is 14.4 Å². The molecule has 3 fully saturated rings. The number of carbonyl (C=O) groups excluding carboxylic acids is 3. The second-order valence-corrected chi connectivity index (χ2v) is 12.0. The Hall–Kier alpha value is -2.06. The first-order valence-electron chi connectivity index (χ1n) is 12.0. The summed E-state index contributed by atoms with van der Waals surface area (Å²) in [6, 6.07) is 8.07. The molecule has 0 saturated carbocycles. The minimum Gasteiger partial charge on any atom is -0.394 e. The fourth-order valence-corrected chi connectivity index (χ4v) is 8.54. The highest BCUT2D eigenvalue weighted by Gasteiger charge is 2.77. The van der Waals surface area contributed by atoms with Crippen LogP contribution in [0.4, 0.5) is 5.69 Å². The molecule has 180 valence electrons. The minimum absolute atomic E-state index is 0.00398. The number of hydrogen-bond acceptors (Lipinski definition) is 5. The van der Waals surface area contributed by atoms with Crippen molar-refractivity contribution >= 4 is 35.2 Å². The van der Waals surface area contributed by atoms with E-state index < -0.39 is 33.4 Å². The molecule has 3 saturated heterocycles. The highest BCUT2D eigenvalue weighted by Crippen LogP contribution is 2.71. The molecular formula is C25H35N3O4S. The number of rotatable bonds is 8. The predicted molar refractivity (Wildman–Crippen MR) is 130 cm³/mol. The average molecular weight is 474 g/mol. The molecule has 33 heavy (non-hydrogen) atoms. The molecule has 7 atom stereocenters. The summed E-state index contributed by atoms with van der Waals surface area (Å²) in [7, 11) is 0. The molecule has 3 N–H and O–H groups in total. The fourth-order valence-electron chi connectivity index (χ4n) is 6.19. The molecule has 2 bridgehead atoms. The number of likely N-dealkylation sites (tertiary alicyclic amines) is 1. The van der Waals surface area contributed by atoms with E-state index in [-0.39, 0.29) is 30.4 Å². The van der Waals surface area contributed by atoms with Crippen molar-refractivity contribution in [3.8, 4) is 0 Å². The van der Waals surface area contributed by atoms with Crippen molar-refractivity contribution in [1.82, 2.24) is 10.2 Å². The summed E-state index contributed by atoms with van der Waals surface area (Å²) in [5.41, 5.74) is 0.696. The molecule has 1 spiro atoms. The molecule has 1 aromatic rings. The molecule has 7 nitrogen and oxygen atoms in total. The lowest BCUT2D eigenvalue weighted by atomic mass is 9.66. The number of amides is 3. The number of anilines is 1. The van der Waals surface area contributed by atoms with Gasteiger partial charge in [-0.1, -0.05) is 31.5 Å². The summed E-state index contributed by atoms with van der Waals surface area (Å²) in [5, 5.41) is 16.0. The van der Waals surface area contributed by atoms with E-state index in [1.807, 2.05) is 37.3 Å². The molecule has 3 heterocycles. The molecule has 1 aromatic carbocycles. The maximum atomic E-state index is 13.8. The zero-order chi connectivity index (χ0) is 24.0. The van der Waals surface area contributed by atoms with E-state index in [0.29, 0.717) is 12.1 Å². The molecule has 8 heteroatoms. The Morgan fingerprint density at radius 1 is 1.21 bits per heavy atom. The predicted octanol–water partition coefficient (Wildman–Crippen LogP) is 2.79. The Balaban J connectivity index is 1.70. The van der Waals surface area contributed by atoms with Crippen LogP contribution in [0.25, 0.3) is 0 Å². The summed E-state index contributed by atoms with van der Waals surface area (Å²) in [5.74, 6) is -1.66. The van der Waals surface area contributed by atoms with Gasteiger partial charge < -0.3 is 20.6 Å². The molecular weight excluding hydrogens is 438 g/mol. The molecule has 3 amide bonds. The van der Waals surface area contributed by atoms with Gasteiger partial charge in [0.15, 0.2) is 0 Å². The third kappa shape index (κ3) is 3.85. The first kappa shape index (κ1) is 24.1. The third-order valence-corrected chi connectivity index (χ3v) is 9.62. The van der Waals surface area contributed by atoms with Crippen LogP contribution in [0.2, 0.25) is 0 Å². The number of thioether (sulfide) groups is 1. The largest absolute Gasteiger partial charge is 0.394 e. The smallest absolute Gasteiger partial charge is 0.244 e. The zero-order valence-electron chi connectivity index (χ0n) is 19.8. The van der Waals surface area contributed by atoms with Crippen LogP contribution >= 0.6 is 11.8 Å². The standard InChI is InChI=1S/C25H35N3O4S/c1-5-9-15(2)26-22(31)20-25-13-12-24(4,33-25)18(19(25)23(32)28(20)16(3)14-29)21(30)27-17-10-7-6-8-11-17/h6-8,10-11,15-16,18-20,29H,5,9,12-14H2,1-4H3,(H,26,31)(H,27,30)/t15?,16-,18-,19+,20?,24+,25?/m1/s1. The number of nitrogens with zero attached hydrogens (tertiary/aromatic N) is 1. The van der Waals surface area contributed by atoms with Gasteiger partial charge in [0.1, 0.15) is 6.04 Å². The summed E-state index contributed by atoms with van der Waals surface area (Å²) >= 11 is 1.65. The molecule has 3 aliphatic heterocycles. The van der Waals surface area contributed by atoms with Gasteiger partial charge in [-0.15, -0.1) is 11.8 Å². The van der Waals surface area contributed by atoms with E-state index in [0.717, 1.165) is 19.3 Å². The van der Waals surface area contributed by atoms with Crippen LogP contribution in [0.5, 0.6) is 0 Å². The van der Waals surface area contributed by atoms with Crippen LogP contribution < -0.4 is 10.6 Å². The topological polar surface area (TPSA) is 98.7 Å². The van der Waals surface area contributed by atoms with Gasteiger partial charge in [0, 0.05) is 16.5 Å². The second-order valence-electron chi connectivity index (χ2n) is 10.1. The lowest BCUT2D eigenvalue weighted by Crippen LogP contribution is -2.57. The number of hydrogen-bond donors (Lipinski definition) is 3. The van der Waals surface area contributed by atoms with Crippen LogP contribution in [-0.4, -0.2) is 62.0 Å². The van der Waals surface area contributed by atoms with E-state index in [1.165, 1.54) is 0 Å². The molecule has 4 rings (SSSR count). The van der Waals surface area contributed by atoms with Crippen molar-refractivity contribution < 1.29 is 19.5 Å². The number of aliphatic hydroxyl groups is 1. The van der Waals surface area contributed by atoms with Crippen LogP contribution in [-0.2, 0) is 14.4 Å². The van der Waals surface area contributed by atoms with Gasteiger partial charge in [-0.2, -0.15) is 0 Å². The summed E-state index contributed by atoms with van der Waals surface area (Å²) in [4.78, 5) is 42.6. The summed E-state index contributed by atoms with van der Waals surface area (Å²) in [6.07, 6.45) is 3.27. The summed E-state index contributed by atoms with van der Waals surface area (Å²) < 4.78 is -1.08. The van der Waals surface area contributed by atoms with E-state index in [9.17, 15) is 19.5 Å². The van der Waals surface area contributed by atoms with E-state index >= 15 is 0 Å². The van der Waals surface area contributed by atoms with Crippen molar-refractivity contribution in [3.05, 3.63) is 30.3 Å². The number of fused-ring (bicyclic) bond motifs is 1. The number of para-hydroxylation sites is 1. The van der Waals surface area contributed by atoms with Crippen LogP contribution in [0, 0.1) is 11.8 Å². The molecule has 0 radical (unpaired) electrons. The highest BCUT2D eigenvalue weighted by atomic mass is 32.2. The lowest BCUT2D eigenvalue weighted by molar-refractivity contribution is -0.142. The molecule has 3 aliphatic rings. The Bertz CT molecular complexity index is 927. The average Bonchev–Trinajstić information content (AvgIpc) is 3.34. The molecule has 3 unspecified atom stereocenters. The monoisotopic (exact) mass is 473 g/mol. The van der Waals surface area contributed by atoms with Gasteiger partial charge in [-0.25, -0.2) is 0 Å². The van der Waals surface area contributed by atoms with Gasteiger partial charge >= 0.3 is 0 Å². The summed E-state index contributed by atoms with van der Waals surface area (Å²) in [6.45, 7) is 7.64. The van der Waals surface area contributed by atoms with E-state index in [2.05, 4.69) is 24.5 Å². The minimum atomic E-state index is -0.696. The fraction of sp³-hybridized carbons (Fsp3) is 0.640. The van der Waals surface area contributed by atoms with Crippen LogP contribution in [0.1, 0.15) is 53.4 Å². The number of nitrogens with one attached hydrogen (secondary N) is 2. The second kappa shape index (κ2) is 8.95. The quantitative estimate of drug-likeness (QED) is 0.539. The molecule has 0 aromatic heterocycles. The van der Waals surface area contributed by atoms with Gasteiger partial charge in [0.25, 0.3) is 0 Å². The van der Waals surface area contributed by atoms with Crippen molar-refractivity contribution in [2.45, 2.75) is 81.0 Å². The number of aliphatic hydroxyl groups excluding tert-OH is 1. The third-order valence-electron chi connectivity index (χ3n) is 7.64. The SMILES string of the molecule is CCCC(C)NC(=O)C1N([C@H](C)CO)C(=O)[C@@H]2[C@H](C(=O)Nc3ccccc3)[C@]3(C)CCC12S3. The van der Waals surface area contributed by atoms with Crippen LogP contribution in [0.15, 0.2) is 30.3 Å². The Kier molecular flexibility index (Phi) is 6.53. The van der Waals surface area contributed by atoms with E-state index in [4.69, 9.17) is 0 Å². The normalized spacial score (nSPS) is 34.2. The van der Waals surface area contributed by atoms with Crippen molar-refractivity contribution in [1.29, 1.82) is 0 Å². The maximum absolute atomic E-state index is 13.8. The van der Waals surface area contributed by atoms with Crippen molar-refractivity contribution in [2.75, 3.05) is 11.9 Å². The Labute approximate surface area is 200 Å². The lowest BCUT2D eigenvalue weighted by Gasteiger charge is -2.36. The highest BCUT2D eigenvalue weighted by molar-refractivity contribution is 8.02. The van der Waals surface area contributed by atoms with E-state index in [1.54, 1.807) is 23.6 Å². The van der Waals surface area contributed by atoms with Gasteiger partial charge in [-0.05, 0) is 52.2 Å². The number of benzene rings is 1. The van der Waals surface area contributed by atoms with Crippen molar-refractivity contribution in [3.63, 3.8) is 0 Å². The van der Waals surface area contributed by atoms with Gasteiger partial charge in [0.05, 0.1) is 29.2 Å². The van der Waals surface area contributed by atoms with Gasteiger partial charge in [0.2, 0.25) is 17.7 Å². The Morgan fingerprint density at radius 3 is 2.55 bits per heavy atom. The zero-order valence-corrected chi connectivity index (χ0v) is 20.7. The first-order chi connectivity index (χ1) is 15.7. The number of carbonyl (C=O) groups is 3. The maximum Gasteiger partial charge on any atom is 0.244 e. The Morgan fingerprint density at radius 2 is 1.91 bits per heavy atom.